The van der Waals surface area contributed by atoms with Crippen molar-refractivity contribution >= 4 is 11.8 Å². The highest BCUT2D eigenvalue weighted by Crippen LogP contribution is 1.87. The summed E-state index contributed by atoms with van der Waals surface area (Å²) in [6.45, 7) is 3.26. The van der Waals surface area contributed by atoms with Crippen LogP contribution < -0.4 is 11.1 Å². The van der Waals surface area contributed by atoms with Gasteiger partial charge < -0.3 is 11.1 Å². The molecule has 0 aliphatic heterocycles. The van der Waals surface area contributed by atoms with Gasteiger partial charge in [-0.15, -0.1) is 0 Å². The zero-order valence-corrected chi connectivity index (χ0v) is 7.18. The Kier molecular flexibility index (Phi) is 4.54. The van der Waals surface area contributed by atoms with E-state index < -0.39 is 5.91 Å². The zero-order valence-electron chi connectivity index (χ0n) is 7.18. The second-order valence-electron chi connectivity index (χ2n) is 2.42. The van der Waals surface area contributed by atoms with E-state index in [-0.39, 0.29) is 18.4 Å². The minimum Gasteiger partial charge on any atom is -0.370 e. The van der Waals surface area contributed by atoms with Crippen molar-refractivity contribution in [1.29, 1.82) is 0 Å². The van der Waals surface area contributed by atoms with Crippen LogP contribution in [0.15, 0.2) is 0 Å². The van der Waals surface area contributed by atoms with E-state index >= 15 is 0 Å². The Morgan fingerprint density at radius 2 is 2.17 bits per heavy atom. The Labute approximate surface area is 71.5 Å². The standard InChI is InChI=1S/C8H12N2O2/c1-3-4-8(12)10-6(2)5-7(9)11/h6H,5H2,1-2H3,(H2,9,11)(H,10,12). The van der Waals surface area contributed by atoms with E-state index in [4.69, 9.17) is 5.73 Å². The van der Waals surface area contributed by atoms with Gasteiger partial charge in [-0.2, -0.15) is 0 Å². The summed E-state index contributed by atoms with van der Waals surface area (Å²) in [6, 6.07) is -0.254. The molecule has 0 saturated heterocycles. The summed E-state index contributed by atoms with van der Waals surface area (Å²) in [5.74, 6) is 3.92. The number of hydrogen-bond donors (Lipinski definition) is 2. The third kappa shape index (κ3) is 5.30. The van der Waals surface area contributed by atoms with Gasteiger partial charge in [-0.05, 0) is 19.8 Å². The van der Waals surface area contributed by atoms with Crippen LogP contribution in [-0.4, -0.2) is 17.9 Å². The van der Waals surface area contributed by atoms with Crippen LogP contribution in [0.25, 0.3) is 0 Å². The summed E-state index contributed by atoms with van der Waals surface area (Å²) in [7, 11) is 0. The maximum atomic E-state index is 10.8. The molecular formula is C8H12N2O2. The predicted molar refractivity (Wildman–Crippen MR) is 44.9 cm³/mol. The summed E-state index contributed by atoms with van der Waals surface area (Å²) < 4.78 is 0. The molecule has 1 atom stereocenters. The second-order valence-corrected chi connectivity index (χ2v) is 2.42. The normalized spacial score (nSPS) is 10.8. The van der Waals surface area contributed by atoms with Gasteiger partial charge in [0.05, 0.1) is 0 Å². The van der Waals surface area contributed by atoms with Gasteiger partial charge in [-0.3, -0.25) is 9.59 Å². The molecule has 0 aromatic carbocycles. The molecule has 0 aliphatic carbocycles. The molecular weight excluding hydrogens is 156 g/mol. The van der Waals surface area contributed by atoms with E-state index in [0.29, 0.717) is 0 Å². The Bertz CT molecular complexity index is 237. The van der Waals surface area contributed by atoms with Crippen LogP contribution in [0.5, 0.6) is 0 Å². The smallest absolute Gasteiger partial charge is 0.296 e. The topological polar surface area (TPSA) is 72.2 Å². The largest absolute Gasteiger partial charge is 0.370 e. The molecule has 0 spiro atoms. The number of carbonyl (C=O) groups is 2. The minimum atomic E-state index is -0.438. The first-order valence-electron chi connectivity index (χ1n) is 3.57. The van der Waals surface area contributed by atoms with Gasteiger partial charge in [0.1, 0.15) is 0 Å². The highest BCUT2D eigenvalue weighted by Gasteiger charge is 2.06. The van der Waals surface area contributed by atoms with E-state index in [1.54, 1.807) is 13.8 Å². The number of carbonyl (C=O) groups excluding carboxylic acids is 2. The molecule has 1 unspecified atom stereocenters. The third-order valence-corrected chi connectivity index (χ3v) is 1.12. The number of nitrogens with one attached hydrogen (secondary N) is 1. The van der Waals surface area contributed by atoms with Gasteiger partial charge in [0.25, 0.3) is 5.91 Å². The number of amides is 2. The van der Waals surface area contributed by atoms with Gasteiger partial charge in [0.2, 0.25) is 5.91 Å². The number of nitrogens with two attached hydrogens (primary N) is 1. The Balaban J connectivity index is 3.81. The van der Waals surface area contributed by atoms with E-state index in [1.807, 2.05) is 0 Å². The molecule has 0 aromatic rings. The number of primary amides is 1. The summed E-state index contributed by atoms with van der Waals surface area (Å²) in [6.07, 6.45) is 0.136. The van der Waals surface area contributed by atoms with Crippen molar-refractivity contribution in [3.05, 3.63) is 0 Å². The molecule has 0 aliphatic rings. The highest BCUT2D eigenvalue weighted by molar-refractivity contribution is 5.93. The van der Waals surface area contributed by atoms with Crippen LogP contribution in [0.1, 0.15) is 20.3 Å². The molecule has 0 rings (SSSR count). The molecule has 0 radical (unpaired) electrons. The SMILES string of the molecule is CC#CC(=O)NC(C)CC(N)=O. The van der Waals surface area contributed by atoms with E-state index in [2.05, 4.69) is 17.2 Å². The Morgan fingerprint density at radius 1 is 1.58 bits per heavy atom. The van der Waals surface area contributed by atoms with Crippen molar-refractivity contribution < 1.29 is 9.59 Å². The maximum Gasteiger partial charge on any atom is 0.296 e. The van der Waals surface area contributed by atoms with Crippen molar-refractivity contribution in [2.75, 3.05) is 0 Å². The molecule has 4 heteroatoms. The summed E-state index contributed by atoms with van der Waals surface area (Å²) in [5.41, 5.74) is 4.92. The summed E-state index contributed by atoms with van der Waals surface area (Å²) in [5, 5.41) is 2.50. The van der Waals surface area contributed by atoms with Crippen LogP contribution >= 0.6 is 0 Å². The van der Waals surface area contributed by atoms with Gasteiger partial charge in [0.15, 0.2) is 0 Å². The molecule has 0 fully saturated rings. The summed E-state index contributed by atoms with van der Waals surface area (Å²) >= 11 is 0. The monoisotopic (exact) mass is 168 g/mol. The first kappa shape index (κ1) is 10.5. The second kappa shape index (κ2) is 5.19. The van der Waals surface area contributed by atoms with Crippen molar-refractivity contribution in [1.82, 2.24) is 5.32 Å². The molecule has 2 amide bonds. The van der Waals surface area contributed by atoms with Gasteiger partial charge >= 0.3 is 0 Å². The van der Waals surface area contributed by atoms with Crippen molar-refractivity contribution in [3.8, 4) is 11.8 Å². The molecule has 0 aromatic heterocycles. The zero-order chi connectivity index (χ0) is 9.56. The van der Waals surface area contributed by atoms with Gasteiger partial charge in [-0.1, -0.05) is 5.92 Å². The van der Waals surface area contributed by atoms with Crippen LogP contribution in [0.2, 0.25) is 0 Å². The summed E-state index contributed by atoms with van der Waals surface area (Å²) in [4.78, 5) is 21.2. The fraction of sp³-hybridized carbons (Fsp3) is 0.500. The fourth-order valence-corrected chi connectivity index (χ4v) is 0.726. The molecule has 3 N–H and O–H groups in total. The van der Waals surface area contributed by atoms with E-state index in [0.717, 1.165) is 0 Å². The van der Waals surface area contributed by atoms with Crippen LogP contribution in [0, 0.1) is 11.8 Å². The lowest BCUT2D eigenvalue weighted by Gasteiger charge is -2.07. The van der Waals surface area contributed by atoms with Crippen LogP contribution in [0.3, 0.4) is 0 Å². The third-order valence-electron chi connectivity index (χ3n) is 1.12. The van der Waals surface area contributed by atoms with Crippen molar-refractivity contribution in [2.45, 2.75) is 26.3 Å². The first-order valence-corrected chi connectivity index (χ1v) is 3.57. The van der Waals surface area contributed by atoms with Crippen molar-refractivity contribution in [2.24, 2.45) is 5.73 Å². The molecule has 0 bridgehead atoms. The highest BCUT2D eigenvalue weighted by atomic mass is 16.2. The first-order chi connectivity index (χ1) is 5.56. The predicted octanol–water partition coefficient (Wildman–Crippen LogP) is -0.610. The molecule has 12 heavy (non-hydrogen) atoms. The minimum absolute atomic E-state index is 0.136. The molecule has 66 valence electrons. The number of rotatable bonds is 3. The Morgan fingerprint density at radius 3 is 2.58 bits per heavy atom. The molecule has 0 heterocycles. The lowest BCUT2D eigenvalue weighted by Crippen LogP contribution is -2.34. The van der Waals surface area contributed by atoms with Gasteiger partial charge in [0, 0.05) is 12.5 Å². The van der Waals surface area contributed by atoms with E-state index in [1.165, 1.54) is 0 Å². The fourth-order valence-electron chi connectivity index (χ4n) is 0.726. The lowest BCUT2D eigenvalue weighted by atomic mass is 10.2. The maximum absolute atomic E-state index is 10.8. The van der Waals surface area contributed by atoms with Crippen LogP contribution in [0.4, 0.5) is 0 Å². The van der Waals surface area contributed by atoms with Crippen LogP contribution in [-0.2, 0) is 9.59 Å². The average molecular weight is 168 g/mol. The average Bonchev–Trinajstić information content (AvgIpc) is 1.84. The number of hydrogen-bond acceptors (Lipinski definition) is 2. The van der Waals surface area contributed by atoms with E-state index in [9.17, 15) is 9.59 Å². The molecule has 4 nitrogen and oxygen atoms in total. The van der Waals surface area contributed by atoms with Gasteiger partial charge in [-0.25, -0.2) is 0 Å². The Hall–Kier alpha value is -1.50. The quantitative estimate of drug-likeness (QED) is 0.552. The van der Waals surface area contributed by atoms with Crippen molar-refractivity contribution in [3.63, 3.8) is 0 Å². The lowest BCUT2D eigenvalue weighted by molar-refractivity contribution is -0.119. The molecule has 0 saturated carbocycles.